The van der Waals surface area contributed by atoms with Crippen LogP contribution in [0.25, 0.3) is 22.5 Å². The highest BCUT2D eigenvalue weighted by molar-refractivity contribution is 6.00. The van der Waals surface area contributed by atoms with E-state index in [0.717, 1.165) is 36.1 Å². The number of hydrogen-bond acceptors (Lipinski definition) is 13. The highest BCUT2D eigenvalue weighted by atomic mass is 16.5. The SMILES string of the molecule is CCCCCc1ccc(-c2nc(C)c(C(=O)N[C@@H](CCNC(N)=O)C(=O)N(C)[C@@H]3C(=O)N[C@@H](C)C(=O)N[C@H](C(=O)NCC#N)Cc4ccc(OCCN)c(c4)-c4cc3ccc4OCCN)c(C)n2)cc1. The van der Waals surface area contributed by atoms with Gasteiger partial charge in [0.2, 0.25) is 23.6 Å². The molecule has 0 aliphatic carbocycles. The fourth-order valence-corrected chi connectivity index (χ4v) is 8.11. The first kappa shape index (κ1) is 53.3. The number of likely N-dealkylation sites (N-methyl/N-ethyl adjacent to an activating group) is 1. The van der Waals surface area contributed by atoms with E-state index in [-0.39, 0.29) is 63.4 Å². The molecule has 0 saturated heterocycles. The Morgan fingerprint density at radius 3 is 2.14 bits per heavy atom. The molecule has 1 aliphatic heterocycles. The van der Waals surface area contributed by atoms with Gasteiger partial charge in [0.05, 0.1) is 23.0 Å². The number of carbonyl (C=O) groups excluding carboxylic acids is 6. The van der Waals surface area contributed by atoms with Gasteiger partial charge in [-0.2, -0.15) is 5.26 Å². The molecule has 0 fully saturated rings. The number of benzene rings is 3. The maximum atomic E-state index is 14.9. The third kappa shape index (κ3) is 14.0. The Kier molecular flexibility index (Phi) is 19.5. The number of nitrogens with zero attached hydrogens (tertiary/aromatic N) is 4. The molecule has 20 heteroatoms. The second-order valence-corrected chi connectivity index (χ2v) is 16.9. The summed E-state index contributed by atoms with van der Waals surface area (Å²) in [5, 5.41) is 22.3. The monoisotopic (exact) mass is 960 g/mol. The first-order chi connectivity index (χ1) is 33.6. The number of amides is 7. The van der Waals surface area contributed by atoms with Crippen molar-refractivity contribution in [3.05, 3.63) is 94.3 Å². The number of rotatable bonds is 20. The van der Waals surface area contributed by atoms with Gasteiger partial charge in [-0.15, -0.1) is 0 Å². The molecule has 0 unspecified atom stereocenters. The number of nitriles is 1. The summed E-state index contributed by atoms with van der Waals surface area (Å²) in [6.07, 6.45) is 4.14. The van der Waals surface area contributed by atoms with Crippen molar-refractivity contribution in [3.8, 4) is 40.1 Å². The lowest BCUT2D eigenvalue weighted by Crippen LogP contribution is -2.56. The zero-order valence-corrected chi connectivity index (χ0v) is 40.4. The number of carbonyl (C=O) groups is 6. The van der Waals surface area contributed by atoms with Crippen molar-refractivity contribution in [2.75, 3.05) is 46.4 Å². The van der Waals surface area contributed by atoms with E-state index < -0.39 is 59.7 Å². The molecule has 4 atom stereocenters. The van der Waals surface area contributed by atoms with E-state index in [4.69, 9.17) is 26.7 Å². The number of aryl methyl sites for hydroxylation is 3. The smallest absolute Gasteiger partial charge is 0.312 e. The Labute approximate surface area is 407 Å². The van der Waals surface area contributed by atoms with Gasteiger partial charge in [0.15, 0.2) is 5.82 Å². The normalized spacial score (nSPS) is 16.0. The van der Waals surface area contributed by atoms with E-state index in [1.165, 1.54) is 19.5 Å². The topological polar surface area (TPSA) is 312 Å². The Balaban J connectivity index is 1.58. The summed E-state index contributed by atoms with van der Waals surface area (Å²) in [4.78, 5) is 93.4. The first-order valence-corrected chi connectivity index (χ1v) is 23.3. The van der Waals surface area contributed by atoms with Crippen molar-refractivity contribution in [2.24, 2.45) is 17.2 Å². The minimum Gasteiger partial charge on any atom is -0.492 e. The molecule has 1 aliphatic rings. The average molecular weight is 961 g/mol. The summed E-state index contributed by atoms with van der Waals surface area (Å²) >= 11 is 0. The fraction of sp³-hybridized carbons (Fsp3) is 0.420. The molecule has 4 aromatic rings. The van der Waals surface area contributed by atoms with Crippen molar-refractivity contribution < 1.29 is 38.2 Å². The largest absolute Gasteiger partial charge is 0.492 e. The van der Waals surface area contributed by atoms with Gasteiger partial charge in [0.1, 0.15) is 55.4 Å². The van der Waals surface area contributed by atoms with Gasteiger partial charge in [0.25, 0.3) is 5.91 Å². The highest BCUT2D eigenvalue weighted by Gasteiger charge is 2.36. The minimum absolute atomic E-state index is 0.0214. The van der Waals surface area contributed by atoms with Gasteiger partial charge in [0, 0.05) is 49.8 Å². The number of nitrogens with one attached hydrogen (secondary N) is 5. The molecule has 5 rings (SSSR count). The van der Waals surface area contributed by atoms with Crippen LogP contribution in [-0.2, 0) is 32.0 Å². The van der Waals surface area contributed by atoms with Crippen molar-refractivity contribution in [2.45, 2.75) is 90.4 Å². The van der Waals surface area contributed by atoms with Crippen LogP contribution in [0.4, 0.5) is 4.79 Å². The van der Waals surface area contributed by atoms with Crippen LogP contribution in [-0.4, -0.2) is 115 Å². The van der Waals surface area contributed by atoms with Crippen LogP contribution in [0.2, 0.25) is 0 Å². The van der Waals surface area contributed by atoms with E-state index in [0.29, 0.717) is 45.4 Å². The van der Waals surface area contributed by atoms with Crippen LogP contribution in [0.15, 0.2) is 60.7 Å². The zero-order chi connectivity index (χ0) is 50.9. The van der Waals surface area contributed by atoms with Gasteiger partial charge >= 0.3 is 6.03 Å². The number of fused-ring (bicyclic) bond motifs is 5. The molecule has 3 aromatic carbocycles. The highest BCUT2D eigenvalue weighted by Crippen LogP contribution is 2.40. The van der Waals surface area contributed by atoms with Gasteiger partial charge in [-0.1, -0.05) is 56.2 Å². The van der Waals surface area contributed by atoms with Crippen molar-refractivity contribution in [1.29, 1.82) is 5.26 Å². The lowest BCUT2D eigenvalue weighted by atomic mass is 9.93. The maximum absolute atomic E-state index is 14.9. The third-order valence-electron chi connectivity index (χ3n) is 11.7. The van der Waals surface area contributed by atoms with Crippen molar-refractivity contribution in [3.63, 3.8) is 0 Å². The predicted molar refractivity (Wildman–Crippen MR) is 262 cm³/mol. The lowest BCUT2D eigenvalue weighted by Gasteiger charge is -2.33. The summed E-state index contributed by atoms with van der Waals surface area (Å²) in [5.74, 6) is -2.47. The van der Waals surface area contributed by atoms with Crippen LogP contribution in [0, 0.1) is 25.2 Å². The molecule has 372 valence electrons. The maximum Gasteiger partial charge on any atom is 0.312 e. The summed E-state index contributed by atoms with van der Waals surface area (Å²) < 4.78 is 12.2. The second kappa shape index (κ2) is 25.7. The molecule has 0 saturated carbocycles. The molecule has 70 heavy (non-hydrogen) atoms. The van der Waals surface area contributed by atoms with Gasteiger partial charge in [-0.25, -0.2) is 14.8 Å². The van der Waals surface area contributed by atoms with Crippen molar-refractivity contribution >= 4 is 35.6 Å². The van der Waals surface area contributed by atoms with Gasteiger partial charge in [-0.3, -0.25) is 24.0 Å². The number of primary amides is 1. The lowest BCUT2D eigenvalue weighted by molar-refractivity contribution is -0.141. The first-order valence-electron chi connectivity index (χ1n) is 23.3. The number of urea groups is 1. The van der Waals surface area contributed by atoms with E-state index in [2.05, 4.69) is 43.5 Å². The Morgan fingerprint density at radius 1 is 0.886 bits per heavy atom. The van der Waals surface area contributed by atoms with Crippen LogP contribution >= 0.6 is 0 Å². The second-order valence-electron chi connectivity index (χ2n) is 16.9. The van der Waals surface area contributed by atoms with Crippen molar-refractivity contribution in [1.82, 2.24) is 41.5 Å². The predicted octanol–water partition coefficient (Wildman–Crippen LogP) is 2.38. The number of hydrogen-bond donors (Lipinski definition) is 8. The standard InChI is InChI=1S/C50H64N12O8/c1-6-7-8-9-32-10-13-34(14-11-32)44-57-29(2)42(30(3)58-44)47(65)60-38(18-22-56-50(54)68)49(67)62(5)43-35-15-17-41(70-25-21-53)37(28-35)36-26-33(12-16-40(36)69-24-20-52)27-39(46(64)55-23-19-51)61-45(63)31(4)59-48(43)66/h10-17,26,28,31,38-39,43H,6-9,18,20-25,27,52-53H2,1-5H3,(H,55,64)(H,59,66)(H,60,65)(H,61,63)(H3,54,56,68)/t31-,38-,39-,43-/m0/s1. The number of nitrogens with two attached hydrogens (primary N) is 3. The molecule has 0 spiro atoms. The zero-order valence-electron chi connectivity index (χ0n) is 40.4. The van der Waals surface area contributed by atoms with E-state index in [9.17, 15) is 34.0 Å². The van der Waals surface area contributed by atoms with E-state index in [1.807, 2.05) is 30.3 Å². The molecule has 11 N–H and O–H groups in total. The average Bonchev–Trinajstić information content (AvgIpc) is 3.33. The van der Waals surface area contributed by atoms with Crippen LogP contribution in [0.5, 0.6) is 11.5 Å². The fourth-order valence-electron chi connectivity index (χ4n) is 8.11. The third-order valence-corrected chi connectivity index (χ3v) is 11.7. The van der Waals surface area contributed by atoms with Crippen LogP contribution in [0.3, 0.4) is 0 Å². The molecule has 20 nitrogen and oxygen atoms in total. The molecular weight excluding hydrogens is 897 g/mol. The van der Waals surface area contributed by atoms with Gasteiger partial charge < -0.3 is 58.2 Å². The summed E-state index contributed by atoms with van der Waals surface area (Å²) in [7, 11) is 1.37. The molecule has 2 heterocycles. The molecular formula is C50H64N12O8. The quantitative estimate of drug-likeness (QED) is 0.0467. The Bertz CT molecular complexity index is 2540. The molecule has 1 aromatic heterocycles. The van der Waals surface area contributed by atoms with E-state index >= 15 is 0 Å². The number of ether oxygens (including phenoxy) is 2. The Morgan fingerprint density at radius 2 is 1.53 bits per heavy atom. The Hall–Kier alpha value is -7.63. The van der Waals surface area contributed by atoms with Crippen LogP contribution in [0.1, 0.15) is 84.0 Å². The van der Waals surface area contributed by atoms with Crippen LogP contribution < -0.4 is 53.3 Å². The van der Waals surface area contributed by atoms with Gasteiger partial charge in [-0.05, 0) is 81.0 Å². The summed E-state index contributed by atoms with van der Waals surface area (Å²) in [6.45, 7) is 7.03. The minimum atomic E-state index is -1.48. The summed E-state index contributed by atoms with van der Waals surface area (Å²) in [6, 6.07) is 13.7. The molecule has 7 amide bonds. The number of unbranched alkanes of at least 4 members (excludes halogenated alkanes) is 2. The number of aromatic nitrogens is 2. The molecule has 4 bridgehead atoms. The summed E-state index contributed by atoms with van der Waals surface area (Å²) in [5.41, 5.74) is 21.6. The van der Waals surface area contributed by atoms with E-state index in [1.54, 1.807) is 50.2 Å². The molecule has 0 radical (unpaired) electrons.